The Hall–Kier alpha value is -3.07. The molecule has 1 heterocycles. The summed E-state index contributed by atoms with van der Waals surface area (Å²) in [4.78, 5) is 4.90. The number of rotatable bonds is 4. The molecule has 0 spiro atoms. The van der Waals surface area contributed by atoms with Gasteiger partial charge < -0.3 is 9.47 Å². The lowest BCUT2D eigenvalue weighted by molar-refractivity contribution is 0.197. The van der Waals surface area contributed by atoms with Crippen molar-refractivity contribution < 1.29 is 9.47 Å². The molecule has 0 saturated heterocycles. The van der Waals surface area contributed by atoms with Gasteiger partial charge in [0.05, 0.1) is 7.11 Å². The number of nitrogens with zero attached hydrogens (tertiary/aromatic N) is 1. The van der Waals surface area contributed by atoms with E-state index >= 15 is 0 Å². The van der Waals surface area contributed by atoms with Gasteiger partial charge in [0.25, 0.3) is 0 Å². The maximum Gasteiger partial charge on any atom is 0.217 e. The zero-order valence-electron chi connectivity index (χ0n) is 14.0. The Morgan fingerprint density at radius 3 is 1.96 bits per heavy atom. The molecule has 3 nitrogen and oxygen atoms in total. The Kier molecular flexibility index (Phi) is 4.21. The van der Waals surface area contributed by atoms with Crippen LogP contribution < -0.4 is 4.74 Å². The summed E-state index contributed by atoms with van der Waals surface area (Å²) in [5, 5.41) is 0. The van der Waals surface area contributed by atoms with Gasteiger partial charge in [-0.3, -0.25) is 0 Å². The number of hydrogen-bond acceptors (Lipinski definition) is 3. The summed E-state index contributed by atoms with van der Waals surface area (Å²) < 4.78 is 11.5. The second kappa shape index (κ2) is 6.81. The standard InChI is InChI=1S/C22H19NO2/c1-24-19-14-12-18(13-15-19)22-23-20(16-8-4-2-5-9-16)21(25-22)17-10-6-3-7-11-17/h2-15,20-21H,1H3/t20-,21-/m1/s1. The fourth-order valence-corrected chi connectivity index (χ4v) is 3.08. The summed E-state index contributed by atoms with van der Waals surface area (Å²) in [5.74, 6) is 1.49. The average Bonchev–Trinajstić information content (AvgIpc) is 3.15. The van der Waals surface area contributed by atoms with Gasteiger partial charge in [0, 0.05) is 5.56 Å². The number of aliphatic imine (C=N–C) groups is 1. The number of benzene rings is 3. The van der Waals surface area contributed by atoms with Crippen LogP contribution >= 0.6 is 0 Å². The number of methoxy groups -OCH3 is 1. The van der Waals surface area contributed by atoms with Gasteiger partial charge in [0.15, 0.2) is 6.10 Å². The quantitative estimate of drug-likeness (QED) is 0.678. The van der Waals surface area contributed by atoms with Crippen LogP contribution in [0.1, 0.15) is 28.8 Å². The lowest BCUT2D eigenvalue weighted by Gasteiger charge is -2.18. The van der Waals surface area contributed by atoms with Crippen LogP contribution in [0.15, 0.2) is 89.9 Å². The molecule has 0 amide bonds. The maximum absolute atomic E-state index is 6.28. The number of hydrogen-bond donors (Lipinski definition) is 0. The zero-order chi connectivity index (χ0) is 17.1. The molecule has 0 unspecified atom stereocenters. The van der Waals surface area contributed by atoms with Crippen LogP contribution in [-0.2, 0) is 4.74 Å². The molecule has 0 N–H and O–H groups in total. The van der Waals surface area contributed by atoms with Gasteiger partial charge in [-0.25, -0.2) is 4.99 Å². The third-order valence-electron chi connectivity index (χ3n) is 4.39. The molecule has 25 heavy (non-hydrogen) atoms. The second-order valence-corrected chi connectivity index (χ2v) is 5.97. The van der Waals surface area contributed by atoms with E-state index in [4.69, 9.17) is 14.5 Å². The van der Waals surface area contributed by atoms with Crippen molar-refractivity contribution in [2.75, 3.05) is 7.11 Å². The first-order valence-electron chi connectivity index (χ1n) is 8.34. The van der Waals surface area contributed by atoms with E-state index in [1.165, 1.54) is 0 Å². The Balaban J connectivity index is 1.71. The van der Waals surface area contributed by atoms with Crippen molar-refractivity contribution in [3.05, 3.63) is 102 Å². The van der Waals surface area contributed by atoms with Crippen LogP contribution in [0, 0.1) is 0 Å². The molecular formula is C22H19NO2. The number of ether oxygens (including phenoxy) is 2. The summed E-state index contributed by atoms with van der Waals surface area (Å²) >= 11 is 0. The van der Waals surface area contributed by atoms with Crippen LogP contribution in [-0.4, -0.2) is 13.0 Å². The molecule has 0 fully saturated rings. The van der Waals surface area contributed by atoms with E-state index in [9.17, 15) is 0 Å². The zero-order valence-corrected chi connectivity index (χ0v) is 14.0. The highest BCUT2D eigenvalue weighted by atomic mass is 16.5. The average molecular weight is 329 g/mol. The largest absolute Gasteiger partial charge is 0.497 e. The van der Waals surface area contributed by atoms with Gasteiger partial charge >= 0.3 is 0 Å². The first-order valence-corrected chi connectivity index (χ1v) is 8.34. The van der Waals surface area contributed by atoms with Crippen molar-refractivity contribution in [3.63, 3.8) is 0 Å². The molecule has 3 aromatic rings. The van der Waals surface area contributed by atoms with E-state index in [1.54, 1.807) is 7.11 Å². The Labute approximate surface area is 147 Å². The van der Waals surface area contributed by atoms with E-state index < -0.39 is 0 Å². The van der Waals surface area contributed by atoms with Crippen molar-refractivity contribution in [2.45, 2.75) is 12.1 Å². The summed E-state index contributed by atoms with van der Waals surface area (Å²) in [7, 11) is 1.66. The molecule has 0 aliphatic carbocycles. The SMILES string of the molecule is COc1ccc(C2=N[C@H](c3ccccc3)[C@@H](c3ccccc3)O2)cc1. The van der Waals surface area contributed by atoms with E-state index in [-0.39, 0.29) is 12.1 Å². The highest BCUT2D eigenvalue weighted by Crippen LogP contribution is 2.41. The molecular weight excluding hydrogens is 310 g/mol. The van der Waals surface area contributed by atoms with Gasteiger partial charge in [-0.05, 0) is 35.4 Å². The minimum Gasteiger partial charge on any atom is -0.497 e. The van der Waals surface area contributed by atoms with Crippen LogP contribution in [0.25, 0.3) is 0 Å². The van der Waals surface area contributed by atoms with E-state index in [0.717, 1.165) is 22.4 Å². The highest BCUT2D eigenvalue weighted by Gasteiger charge is 2.33. The van der Waals surface area contributed by atoms with Crippen LogP contribution in [0.5, 0.6) is 5.75 Å². The van der Waals surface area contributed by atoms with E-state index in [0.29, 0.717) is 5.90 Å². The Morgan fingerprint density at radius 2 is 1.36 bits per heavy atom. The van der Waals surface area contributed by atoms with Crippen molar-refractivity contribution in [3.8, 4) is 5.75 Å². The topological polar surface area (TPSA) is 30.8 Å². The minimum atomic E-state index is -0.124. The van der Waals surface area contributed by atoms with Crippen molar-refractivity contribution in [2.24, 2.45) is 4.99 Å². The minimum absolute atomic E-state index is 0.0549. The van der Waals surface area contributed by atoms with Gasteiger partial charge in [0.1, 0.15) is 11.8 Å². The predicted octanol–water partition coefficient (Wildman–Crippen LogP) is 4.95. The predicted molar refractivity (Wildman–Crippen MR) is 99.0 cm³/mol. The first kappa shape index (κ1) is 15.5. The van der Waals surface area contributed by atoms with Crippen LogP contribution in [0.2, 0.25) is 0 Å². The molecule has 2 atom stereocenters. The van der Waals surface area contributed by atoms with E-state index in [2.05, 4.69) is 24.3 Å². The van der Waals surface area contributed by atoms with Crippen molar-refractivity contribution in [1.29, 1.82) is 0 Å². The maximum atomic E-state index is 6.28. The molecule has 0 radical (unpaired) electrons. The molecule has 4 rings (SSSR count). The summed E-state index contributed by atoms with van der Waals surface area (Å²) in [6.45, 7) is 0. The van der Waals surface area contributed by atoms with Crippen molar-refractivity contribution >= 4 is 5.90 Å². The molecule has 3 heteroatoms. The molecule has 124 valence electrons. The molecule has 0 bridgehead atoms. The third-order valence-corrected chi connectivity index (χ3v) is 4.39. The Bertz CT molecular complexity index is 858. The molecule has 1 aliphatic heterocycles. The lowest BCUT2D eigenvalue weighted by Crippen LogP contribution is -2.09. The monoisotopic (exact) mass is 329 g/mol. The molecule has 3 aromatic carbocycles. The summed E-state index contributed by atoms with van der Waals surface area (Å²) in [6, 6.07) is 28.3. The first-order chi connectivity index (χ1) is 12.3. The van der Waals surface area contributed by atoms with Crippen molar-refractivity contribution in [1.82, 2.24) is 0 Å². The van der Waals surface area contributed by atoms with Gasteiger partial charge in [0.2, 0.25) is 5.90 Å². The van der Waals surface area contributed by atoms with Gasteiger partial charge in [-0.15, -0.1) is 0 Å². The smallest absolute Gasteiger partial charge is 0.217 e. The molecule has 0 saturated carbocycles. The fourth-order valence-electron chi connectivity index (χ4n) is 3.08. The normalized spacial score (nSPS) is 19.2. The highest BCUT2D eigenvalue weighted by molar-refractivity contribution is 5.95. The Morgan fingerprint density at radius 1 is 0.760 bits per heavy atom. The van der Waals surface area contributed by atoms with Gasteiger partial charge in [-0.2, -0.15) is 0 Å². The second-order valence-electron chi connectivity index (χ2n) is 5.97. The van der Waals surface area contributed by atoms with Crippen LogP contribution in [0.3, 0.4) is 0 Å². The van der Waals surface area contributed by atoms with E-state index in [1.807, 2.05) is 60.7 Å². The van der Waals surface area contributed by atoms with Crippen LogP contribution in [0.4, 0.5) is 0 Å². The summed E-state index contributed by atoms with van der Waals surface area (Å²) in [6.07, 6.45) is -0.124. The third kappa shape index (κ3) is 3.13. The summed E-state index contributed by atoms with van der Waals surface area (Å²) in [5.41, 5.74) is 3.24. The lowest BCUT2D eigenvalue weighted by atomic mass is 9.97. The molecule has 0 aromatic heterocycles. The fraction of sp³-hybridized carbons (Fsp3) is 0.136. The molecule has 1 aliphatic rings. The van der Waals surface area contributed by atoms with Gasteiger partial charge in [-0.1, -0.05) is 60.7 Å².